The zero-order chi connectivity index (χ0) is 20.2. The van der Waals surface area contributed by atoms with Crippen molar-refractivity contribution < 1.29 is 9.53 Å². The molecule has 1 amide bonds. The maximum atomic E-state index is 12.7. The van der Waals surface area contributed by atoms with E-state index in [1.807, 2.05) is 49.4 Å². The maximum Gasteiger partial charge on any atom is 0.259 e. The Hall–Kier alpha value is -3.93. The van der Waals surface area contributed by atoms with E-state index in [-0.39, 0.29) is 18.1 Å². The molecule has 2 aromatic carbocycles. The molecule has 0 aliphatic rings. The summed E-state index contributed by atoms with van der Waals surface area (Å²) in [6.07, 6.45) is 1.70. The Bertz CT molecular complexity index is 1230. The zero-order valence-corrected chi connectivity index (χ0v) is 15.8. The van der Waals surface area contributed by atoms with Gasteiger partial charge >= 0.3 is 0 Å². The Balaban J connectivity index is 1.56. The van der Waals surface area contributed by atoms with Crippen LogP contribution in [-0.4, -0.2) is 15.3 Å². The fourth-order valence-electron chi connectivity index (χ4n) is 2.98. The molecule has 6 nitrogen and oxygen atoms in total. The zero-order valence-electron chi connectivity index (χ0n) is 15.8. The number of aromatic nitrogens is 2. The third-order valence-corrected chi connectivity index (χ3v) is 4.41. The van der Waals surface area contributed by atoms with Crippen LogP contribution in [0.2, 0.25) is 0 Å². The van der Waals surface area contributed by atoms with Crippen molar-refractivity contribution in [2.75, 3.05) is 5.32 Å². The van der Waals surface area contributed by atoms with Gasteiger partial charge in [-0.3, -0.25) is 14.0 Å². The van der Waals surface area contributed by atoms with E-state index in [0.717, 1.165) is 5.56 Å². The number of fused-ring (bicyclic) bond motifs is 1. The molecule has 29 heavy (non-hydrogen) atoms. The first-order chi connectivity index (χ1) is 14.1. The van der Waals surface area contributed by atoms with E-state index in [2.05, 4.69) is 10.3 Å². The number of carbonyl (C=O) groups excluding carboxylic acids is 1. The lowest BCUT2D eigenvalue weighted by Crippen LogP contribution is -2.17. The quantitative estimate of drug-likeness (QED) is 0.567. The highest BCUT2D eigenvalue weighted by Gasteiger charge is 2.13. The largest absolute Gasteiger partial charge is 0.486 e. The second kappa shape index (κ2) is 7.98. The minimum atomic E-state index is -0.269. The van der Waals surface area contributed by atoms with Gasteiger partial charge in [0.2, 0.25) is 0 Å². The highest BCUT2D eigenvalue weighted by molar-refractivity contribution is 6.06. The molecular weight excluding hydrogens is 366 g/mol. The molecule has 1 N–H and O–H groups in total. The van der Waals surface area contributed by atoms with E-state index in [1.165, 1.54) is 10.5 Å². The summed E-state index contributed by atoms with van der Waals surface area (Å²) in [7, 11) is 0. The van der Waals surface area contributed by atoms with Crippen LogP contribution in [0, 0.1) is 6.92 Å². The summed E-state index contributed by atoms with van der Waals surface area (Å²) in [4.78, 5) is 29.4. The monoisotopic (exact) mass is 385 g/mol. The normalized spacial score (nSPS) is 10.7. The summed E-state index contributed by atoms with van der Waals surface area (Å²) in [5.41, 5.74) is 3.00. The number of anilines is 1. The van der Waals surface area contributed by atoms with Crippen molar-refractivity contribution >= 4 is 17.2 Å². The first-order valence-corrected chi connectivity index (χ1v) is 9.17. The molecule has 0 saturated carbocycles. The van der Waals surface area contributed by atoms with Crippen molar-refractivity contribution in [1.82, 2.24) is 9.38 Å². The molecule has 0 fully saturated rings. The SMILES string of the molecule is Cc1ccn2c(=O)cc(COc3ccccc3C(=O)Nc3ccccc3)nc2c1. The number of hydrogen-bond acceptors (Lipinski definition) is 4. The number of para-hydroxylation sites is 2. The molecule has 0 aliphatic heterocycles. The van der Waals surface area contributed by atoms with Crippen LogP contribution in [0.3, 0.4) is 0 Å². The minimum Gasteiger partial charge on any atom is -0.486 e. The Kier molecular flexibility index (Phi) is 5.07. The van der Waals surface area contributed by atoms with E-state index in [9.17, 15) is 9.59 Å². The van der Waals surface area contributed by atoms with Gasteiger partial charge in [-0.15, -0.1) is 0 Å². The Labute approximate surface area is 167 Å². The molecule has 144 valence electrons. The average Bonchev–Trinajstić information content (AvgIpc) is 2.73. The molecule has 0 unspecified atom stereocenters. The smallest absolute Gasteiger partial charge is 0.259 e. The summed E-state index contributed by atoms with van der Waals surface area (Å²) in [6, 6.07) is 21.3. The van der Waals surface area contributed by atoms with E-state index in [4.69, 9.17) is 4.74 Å². The molecule has 0 atom stereocenters. The number of hydrogen-bond donors (Lipinski definition) is 1. The Morgan fingerprint density at radius 1 is 1.03 bits per heavy atom. The van der Waals surface area contributed by atoms with Crippen LogP contribution in [0.1, 0.15) is 21.6 Å². The number of pyridine rings is 1. The van der Waals surface area contributed by atoms with Gasteiger partial charge in [-0.05, 0) is 48.9 Å². The van der Waals surface area contributed by atoms with Gasteiger partial charge in [-0.1, -0.05) is 30.3 Å². The predicted molar refractivity (Wildman–Crippen MR) is 111 cm³/mol. The van der Waals surface area contributed by atoms with Gasteiger partial charge in [0.25, 0.3) is 11.5 Å². The van der Waals surface area contributed by atoms with Crippen molar-refractivity contribution in [3.05, 3.63) is 106 Å². The van der Waals surface area contributed by atoms with Gasteiger partial charge in [0, 0.05) is 18.0 Å². The highest BCUT2D eigenvalue weighted by Crippen LogP contribution is 2.21. The molecule has 6 heteroatoms. The van der Waals surface area contributed by atoms with Gasteiger partial charge in [0.05, 0.1) is 11.3 Å². The number of carbonyl (C=O) groups is 1. The van der Waals surface area contributed by atoms with Crippen LogP contribution in [-0.2, 0) is 6.61 Å². The molecule has 0 bridgehead atoms. The number of amides is 1. The van der Waals surface area contributed by atoms with Crippen LogP contribution in [0.5, 0.6) is 5.75 Å². The summed E-state index contributed by atoms with van der Waals surface area (Å²) in [6.45, 7) is 2.02. The van der Waals surface area contributed by atoms with Crippen molar-refractivity contribution in [2.24, 2.45) is 0 Å². The van der Waals surface area contributed by atoms with Gasteiger partial charge in [-0.25, -0.2) is 4.98 Å². The standard InChI is InChI=1S/C23H19N3O3/c1-16-11-12-26-21(13-16)24-18(14-22(26)27)15-29-20-10-6-5-9-19(20)23(28)25-17-7-3-2-4-8-17/h2-14H,15H2,1H3,(H,25,28). The van der Waals surface area contributed by atoms with Crippen molar-refractivity contribution in [1.29, 1.82) is 0 Å². The second-order valence-electron chi connectivity index (χ2n) is 6.62. The van der Waals surface area contributed by atoms with Gasteiger partial charge in [0.15, 0.2) is 0 Å². The molecule has 4 rings (SSSR count). The molecular formula is C23H19N3O3. The second-order valence-corrected chi connectivity index (χ2v) is 6.62. The van der Waals surface area contributed by atoms with Crippen LogP contribution in [0.15, 0.2) is 83.8 Å². The van der Waals surface area contributed by atoms with Crippen molar-refractivity contribution in [3.8, 4) is 5.75 Å². The van der Waals surface area contributed by atoms with Crippen LogP contribution >= 0.6 is 0 Å². The summed E-state index contributed by atoms with van der Waals surface area (Å²) in [5, 5.41) is 2.85. The van der Waals surface area contributed by atoms with E-state index >= 15 is 0 Å². The predicted octanol–water partition coefficient (Wildman–Crippen LogP) is 3.83. The summed E-state index contributed by atoms with van der Waals surface area (Å²) < 4.78 is 7.33. The first kappa shape index (κ1) is 18.4. The van der Waals surface area contributed by atoms with Gasteiger partial charge < -0.3 is 10.1 Å². The lowest BCUT2D eigenvalue weighted by atomic mass is 10.2. The Morgan fingerprint density at radius 2 is 1.79 bits per heavy atom. The van der Waals surface area contributed by atoms with Gasteiger partial charge in [-0.2, -0.15) is 0 Å². The van der Waals surface area contributed by atoms with Crippen LogP contribution in [0.4, 0.5) is 5.69 Å². The number of ether oxygens (including phenoxy) is 1. The highest BCUT2D eigenvalue weighted by atomic mass is 16.5. The molecule has 0 saturated heterocycles. The number of rotatable bonds is 5. The molecule has 2 aromatic heterocycles. The number of nitrogens with one attached hydrogen (secondary N) is 1. The van der Waals surface area contributed by atoms with Gasteiger partial charge in [0.1, 0.15) is 18.0 Å². The maximum absolute atomic E-state index is 12.7. The molecule has 0 spiro atoms. The van der Waals surface area contributed by atoms with E-state index in [1.54, 1.807) is 30.5 Å². The minimum absolute atomic E-state index is 0.0787. The van der Waals surface area contributed by atoms with Crippen molar-refractivity contribution in [3.63, 3.8) is 0 Å². The molecule has 2 heterocycles. The van der Waals surface area contributed by atoms with Crippen molar-refractivity contribution in [2.45, 2.75) is 13.5 Å². The number of nitrogens with zero attached hydrogens (tertiary/aromatic N) is 2. The molecule has 0 aliphatic carbocycles. The van der Waals surface area contributed by atoms with E-state index < -0.39 is 0 Å². The lowest BCUT2D eigenvalue weighted by Gasteiger charge is -2.12. The van der Waals surface area contributed by atoms with E-state index in [0.29, 0.717) is 28.3 Å². The topological polar surface area (TPSA) is 72.7 Å². The number of benzene rings is 2. The molecule has 4 aromatic rings. The van der Waals surface area contributed by atoms with Crippen LogP contribution in [0.25, 0.3) is 5.65 Å². The summed E-state index contributed by atoms with van der Waals surface area (Å²) in [5.74, 6) is 0.154. The number of aryl methyl sites for hydroxylation is 1. The lowest BCUT2D eigenvalue weighted by molar-refractivity contribution is 0.102. The third kappa shape index (κ3) is 4.16. The third-order valence-electron chi connectivity index (χ3n) is 4.41. The van der Waals surface area contributed by atoms with Crippen LogP contribution < -0.4 is 15.6 Å². The first-order valence-electron chi connectivity index (χ1n) is 9.17. The molecule has 0 radical (unpaired) electrons. The summed E-state index contributed by atoms with van der Waals surface area (Å²) >= 11 is 0. The fraction of sp³-hybridized carbons (Fsp3) is 0.0870. The average molecular weight is 385 g/mol. The fourth-order valence-corrected chi connectivity index (χ4v) is 2.98. The Morgan fingerprint density at radius 3 is 2.62 bits per heavy atom.